The van der Waals surface area contributed by atoms with Crippen LogP contribution in [0.25, 0.3) is 5.65 Å². The predicted octanol–water partition coefficient (Wildman–Crippen LogP) is 2.47. The van der Waals surface area contributed by atoms with Gasteiger partial charge >= 0.3 is 0 Å². The highest BCUT2D eigenvalue weighted by atomic mass is 19.1. The second kappa shape index (κ2) is 4.68. The van der Waals surface area contributed by atoms with Gasteiger partial charge in [-0.2, -0.15) is 5.10 Å². The van der Waals surface area contributed by atoms with Gasteiger partial charge in [0.25, 0.3) is 0 Å². The largest absolute Gasteiger partial charge is 0.495 e. The molecular weight excluding hydrogens is 245 g/mol. The average Bonchev–Trinajstić information content (AvgIpc) is 2.79. The van der Waals surface area contributed by atoms with Crippen LogP contribution in [0.1, 0.15) is 11.4 Å². The van der Waals surface area contributed by atoms with Gasteiger partial charge in [0.15, 0.2) is 11.5 Å². The van der Waals surface area contributed by atoms with Gasteiger partial charge in [-0.05, 0) is 29.8 Å². The zero-order chi connectivity index (χ0) is 13.2. The Morgan fingerprint density at radius 2 is 2.16 bits per heavy atom. The molecule has 4 nitrogen and oxygen atoms in total. The van der Waals surface area contributed by atoms with E-state index in [0.29, 0.717) is 12.2 Å². The summed E-state index contributed by atoms with van der Waals surface area (Å²) < 4.78 is 19.9. The van der Waals surface area contributed by atoms with Gasteiger partial charge in [-0.3, -0.25) is 0 Å². The van der Waals surface area contributed by atoms with E-state index in [9.17, 15) is 4.39 Å². The lowest BCUT2D eigenvalue weighted by molar-refractivity contribution is 0.411. The number of aromatic nitrogens is 3. The smallest absolute Gasteiger partial charge is 0.156 e. The summed E-state index contributed by atoms with van der Waals surface area (Å²) in [7, 11) is 1.60. The summed E-state index contributed by atoms with van der Waals surface area (Å²) in [5.41, 5.74) is 1.59. The van der Waals surface area contributed by atoms with E-state index in [0.717, 1.165) is 17.0 Å². The third-order valence-corrected chi connectivity index (χ3v) is 2.83. The van der Waals surface area contributed by atoms with Crippen LogP contribution >= 0.6 is 0 Å². The molecule has 0 atom stereocenters. The quantitative estimate of drug-likeness (QED) is 0.723. The number of hydrogen-bond donors (Lipinski definition) is 0. The summed E-state index contributed by atoms with van der Waals surface area (Å²) in [4.78, 5) is 4.39. The van der Waals surface area contributed by atoms with Crippen molar-refractivity contribution >= 4 is 5.65 Å². The molecule has 0 aliphatic heterocycles. The number of benzene rings is 1. The molecule has 96 valence electrons. The number of methoxy groups -OCH3 is 1. The lowest BCUT2D eigenvalue weighted by atomic mass is 10.1. The first-order valence-electron chi connectivity index (χ1n) is 5.88. The second-order valence-electron chi connectivity index (χ2n) is 4.21. The van der Waals surface area contributed by atoms with Crippen molar-refractivity contribution in [3.05, 3.63) is 59.8 Å². The molecule has 1 aromatic carbocycles. The van der Waals surface area contributed by atoms with Crippen LogP contribution in [0.4, 0.5) is 4.39 Å². The minimum absolute atomic E-state index is 0.247. The summed E-state index contributed by atoms with van der Waals surface area (Å²) in [5, 5.41) is 4.35. The Labute approximate surface area is 109 Å². The maximum Gasteiger partial charge on any atom is 0.156 e. The molecule has 0 radical (unpaired) electrons. The first-order valence-corrected chi connectivity index (χ1v) is 5.88. The number of halogens is 1. The van der Waals surface area contributed by atoms with Crippen molar-refractivity contribution < 1.29 is 9.13 Å². The van der Waals surface area contributed by atoms with E-state index in [2.05, 4.69) is 10.1 Å². The minimum Gasteiger partial charge on any atom is -0.495 e. The normalized spacial score (nSPS) is 10.8. The van der Waals surface area contributed by atoms with Crippen LogP contribution in [0.15, 0.2) is 42.6 Å². The number of hydrogen-bond acceptors (Lipinski definition) is 3. The molecule has 3 aromatic rings. The van der Waals surface area contributed by atoms with Crippen LogP contribution in [0.5, 0.6) is 5.75 Å². The molecule has 0 saturated heterocycles. The number of fused-ring (bicyclic) bond motifs is 1. The van der Waals surface area contributed by atoms with Gasteiger partial charge in [0.05, 0.1) is 13.3 Å². The summed E-state index contributed by atoms with van der Waals surface area (Å²) >= 11 is 0. The van der Waals surface area contributed by atoms with Gasteiger partial charge in [0.1, 0.15) is 11.6 Å². The van der Waals surface area contributed by atoms with E-state index in [-0.39, 0.29) is 5.82 Å². The summed E-state index contributed by atoms with van der Waals surface area (Å²) in [5.74, 6) is 1.12. The molecule has 0 saturated carbocycles. The molecule has 0 aliphatic rings. The Balaban J connectivity index is 1.93. The van der Waals surface area contributed by atoms with Crippen LogP contribution in [0.3, 0.4) is 0 Å². The molecule has 2 aromatic heterocycles. The molecule has 0 amide bonds. The fraction of sp³-hybridized carbons (Fsp3) is 0.143. The molecule has 3 rings (SSSR count). The van der Waals surface area contributed by atoms with Gasteiger partial charge in [-0.1, -0.05) is 12.1 Å². The summed E-state index contributed by atoms with van der Waals surface area (Å²) in [6.07, 6.45) is 2.26. The molecule has 19 heavy (non-hydrogen) atoms. The van der Waals surface area contributed by atoms with Gasteiger partial charge in [0.2, 0.25) is 0 Å². The molecule has 2 heterocycles. The van der Waals surface area contributed by atoms with E-state index >= 15 is 0 Å². The van der Waals surface area contributed by atoms with Crippen molar-refractivity contribution in [3.63, 3.8) is 0 Å². The molecule has 0 unspecified atom stereocenters. The number of pyridine rings is 1. The van der Waals surface area contributed by atoms with Gasteiger partial charge < -0.3 is 4.74 Å². The lowest BCUT2D eigenvalue weighted by Crippen LogP contribution is -1.93. The van der Waals surface area contributed by atoms with E-state index in [1.54, 1.807) is 23.9 Å². The third kappa shape index (κ3) is 2.40. The molecule has 0 bridgehead atoms. The Bertz CT molecular complexity index is 724. The van der Waals surface area contributed by atoms with Gasteiger partial charge in [0, 0.05) is 6.42 Å². The maximum absolute atomic E-state index is 13.1. The van der Waals surface area contributed by atoms with Crippen LogP contribution in [-0.2, 0) is 6.42 Å². The third-order valence-electron chi connectivity index (χ3n) is 2.83. The minimum atomic E-state index is -0.247. The Morgan fingerprint density at radius 1 is 1.26 bits per heavy atom. The molecule has 0 aliphatic carbocycles. The number of nitrogens with zero attached hydrogens (tertiary/aromatic N) is 3. The van der Waals surface area contributed by atoms with Crippen molar-refractivity contribution in [1.82, 2.24) is 14.6 Å². The van der Waals surface area contributed by atoms with Crippen LogP contribution in [0, 0.1) is 5.82 Å². The van der Waals surface area contributed by atoms with Crippen molar-refractivity contribution in [2.75, 3.05) is 7.11 Å². The molecule has 5 heteroatoms. The second-order valence-corrected chi connectivity index (χ2v) is 4.21. The average molecular weight is 257 g/mol. The highest BCUT2D eigenvalue weighted by molar-refractivity contribution is 5.41. The fourth-order valence-corrected chi connectivity index (χ4v) is 1.94. The van der Waals surface area contributed by atoms with E-state index in [1.807, 2.05) is 18.2 Å². The zero-order valence-corrected chi connectivity index (χ0v) is 10.4. The highest BCUT2D eigenvalue weighted by Crippen LogP contribution is 2.13. The summed E-state index contributed by atoms with van der Waals surface area (Å²) in [6, 6.07) is 10.1. The van der Waals surface area contributed by atoms with Crippen LogP contribution in [0.2, 0.25) is 0 Å². The van der Waals surface area contributed by atoms with Crippen LogP contribution in [-0.4, -0.2) is 21.7 Å². The fourth-order valence-electron chi connectivity index (χ4n) is 1.94. The predicted molar refractivity (Wildman–Crippen MR) is 68.7 cm³/mol. The Kier molecular flexibility index (Phi) is 2.87. The first-order chi connectivity index (χ1) is 9.24. The SMILES string of the molecule is COc1ccc2nc(Cc3cccc(F)c3)nn2c1. The molecular formula is C14H12FN3O. The van der Waals surface area contributed by atoms with Crippen LogP contribution < -0.4 is 4.74 Å². The zero-order valence-electron chi connectivity index (χ0n) is 10.4. The van der Waals surface area contributed by atoms with Gasteiger partial charge in [-0.25, -0.2) is 13.9 Å². The van der Waals surface area contributed by atoms with Crippen molar-refractivity contribution in [3.8, 4) is 5.75 Å². The molecule has 0 N–H and O–H groups in total. The Morgan fingerprint density at radius 3 is 2.95 bits per heavy atom. The van der Waals surface area contributed by atoms with Gasteiger partial charge in [-0.15, -0.1) is 0 Å². The molecule has 0 fully saturated rings. The molecule has 0 spiro atoms. The van der Waals surface area contributed by atoms with E-state index < -0.39 is 0 Å². The first kappa shape index (κ1) is 11.6. The lowest BCUT2D eigenvalue weighted by Gasteiger charge is -1.97. The van der Waals surface area contributed by atoms with Crippen molar-refractivity contribution in [2.24, 2.45) is 0 Å². The number of ether oxygens (including phenoxy) is 1. The number of rotatable bonds is 3. The van der Waals surface area contributed by atoms with E-state index in [1.165, 1.54) is 12.1 Å². The maximum atomic E-state index is 13.1. The highest BCUT2D eigenvalue weighted by Gasteiger charge is 2.06. The monoisotopic (exact) mass is 257 g/mol. The van der Waals surface area contributed by atoms with Crippen molar-refractivity contribution in [1.29, 1.82) is 0 Å². The summed E-state index contributed by atoms with van der Waals surface area (Å²) in [6.45, 7) is 0. The Hall–Kier alpha value is -2.43. The standard InChI is InChI=1S/C14H12FN3O/c1-19-12-5-6-14-16-13(17-18(14)9-12)8-10-3-2-4-11(15)7-10/h2-7,9H,8H2,1H3. The van der Waals surface area contributed by atoms with Crippen molar-refractivity contribution in [2.45, 2.75) is 6.42 Å². The van der Waals surface area contributed by atoms with E-state index in [4.69, 9.17) is 4.74 Å². The topological polar surface area (TPSA) is 39.4 Å².